The number of nitrogens with zero attached hydrogens (tertiary/aromatic N) is 1. The number of hydrogen-bond acceptors (Lipinski definition) is 5. The van der Waals surface area contributed by atoms with E-state index in [0.717, 1.165) is 64.5 Å². The van der Waals surface area contributed by atoms with Gasteiger partial charge < -0.3 is 21.1 Å². The highest BCUT2D eigenvalue weighted by Gasteiger charge is 2.09. The van der Waals surface area contributed by atoms with Crippen LogP contribution < -0.4 is 16.0 Å². The van der Waals surface area contributed by atoms with Crippen LogP contribution in [0.5, 0.6) is 0 Å². The maximum absolute atomic E-state index is 11.1. The van der Waals surface area contributed by atoms with Gasteiger partial charge in [0.1, 0.15) is 0 Å². The molecule has 0 atom stereocenters. The molecule has 0 saturated carbocycles. The van der Waals surface area contributed by atoms with E-state index in [1.165, 1.54) is 0 Å². The van der Waals surface area contributed by atoms with Gasteiger partial charge in [0, 0.05) is 58.9 Å². The summed E-state index contributed by atoms with van der Waals surface area (Å²) >= 11 is 0. The largest absolute Gasteiger partial charge is 0.478 e. The number of carboxylic acids is 1. The lowest BCUT2D eigenvalue weighted by molar-refractivity contribution is 0.0696. The summed E-state index contributed by atoms with van der Waals surface area (Å²) in [7, 11) is 0. The number of benzene rings is 1. The van der Waals surface area contributed by atoms with Crippen LogP contribution in [0.1, 0.15) is 15.9 Å². The minimum atomic E-state index is -0.869. The van der Waals surface area contributed by atoms with Crippen LogP contribution in [0.25, 0.3) is 0 Å². The molecule has 0 radical (unpaired) electrons. The van der Waals surface area contributed by atoms with E-state index >= 15 is 0 Å². The molecule has 0 spiro atoms. The molecule has 0 bridgehead atoms. The zero-order valence-corrected chi connectivity index (χ0v) is 13.0. The zero-order valence-electron chi connectivity index (χ0n) is 13.0. The molecular weight excluding hydrogens is 280 g/mol. The molecule has 2 rings (SSSR count). The van der Waals surface area contributed by atoms with E-state index in [1.54, 1.807) is 12.1 Å². The summed E-state index contributed by atoms with van der Waals surface area (Å²) in [5.41, 5.74) is 1.41. The quantitative estimate of drug-likeness (QED) is 0.628. The molecule has 0 aliphatic carbocycles. The molecule has 1 heterocycles. The van der Waals surface area contributed by atoms with E-state index in [9.17, 15) is 4.79 Å². The van der Waals surface area contributed by atoms with Gasteiger partial charge in [-0.1, -0.05) is 12.1 Å². The van der Waals surface area contributed by atoms with Crippen molar-refractivity contribution in [2.24, 2.45) is 0 Å². The predicted molar refractivity (Wildman–Crippen MR) is 87.3 cm³/mol. The average molecular weight is 306 g/mol. The third-order valence-corrected chi connectivity index (χ3v) is 3.75. The number of aromatic carboxylic acids is 1. The van der Waals surface area contributed by atoms with Crippen molar-refractivity contribution in [3.8, 4) is 0 Å². The maximum atomic E-state index is 11.1. The second-order valence-corrected chi connectivity index (χ2v) is 5.53. The summed E-state index contributed by atoms with van der Waals surface area (Å²) in [5.74, 6) is -0.869. The van der Waals surface area contributed by atoms with Crippen molar-refractivity contribution in [3.63, 3.8) is 0 Å². The van der Waals surface area contributed by atoms with Gasteiger partial charge in [-0.3, -0.25) is 4.90 Å². The fraction of sp³-hybridized carbons (Fsp3) is 0.562. The number of carbonyl (C=O) groups is 1. The molecule has 4 N–H and O–H groups in total. The molecule has 6 heteroatoms. The number of carboxylic acid groups (broad SMARTS) is 1. The Morgan fingerprint density at radius 3 is 2.18 bits per heavy atom. The first kappa shape index (κ1) is 16.9. The number of rotatable bonds is 3. The highest BCUT2D eigenvalue weighted by atomic mass is 16.4. The van der Waals surface area contributed by atoms with Crippen molar-refractivity contribution >= 4 is 5.97 Å². The Bertz CT molecular complexity index is 455. The third-order valence-electron chi connectivity index (χ3n) is 3.75. The first-order valence-corrected chi connectivity index (χ1v) is 7.92. The summed E-state index contributed by atoms with van der Waals surface area (Å²) < 4.78 is 0. The molecule has 1 aromatic rings. The topological polar surface area (TPSA) is 76.6 Å². The average Bonchev–Trinajstić information content (AvgIpc) is 2.50. The van der Waals surface area contributed by atoms with Gasteiger partial charge in [-0.25, -0.2) is 4.79 Å². The Kier molecular flexibility index (Phi) is 7.32. The molecule has 0 unspecified atom stereocenters. The normalized spacial score (nSPS) is 19.1. The minimum Gasteiger partial charge on any atom is -0.478 e. The summed E-state index contributed by atoms with van der Waals surface area (Å²) in [6.07, 6.45) is 0. The molecule has 1 aromatic carbocycles. The van der Waals surface area contributed by atoms with Crippen LogP contribution in [0.2, 0.25) is 0 Å². The molecule has 1 aliphatic rings. The van der Waals surface area contributed by atoms with Gasteiger partial charge in [0.2, 0.25) is 0 Å². The first-order valence-electron chi connectivity index (χ1n) is 7.92. The maximum Gasteiger partial charge on any atom is 0.335 e. The summed E-state index contributed by atoms with van der Waals surface area (Å²) in [4.78, 5) is 13.4. The molecule has 6 nitrogen and oxygen atoms in total. The van der Waals surface area contributed by atoms with Crippen molar-refractivity contribution in [2.75, 3.05) is 52.4 Å². The van der Waals surface area contributed by atoms with Crippen LogP contribution in [0.4, 0.5) is 0 Å². The van der Waals surface area contributed by atoms with E-state index in [0.29, 0.717) is 5.56 Å². The van der Waals surface area contributed by atoms with Crippen LogP contribution in [0.15, 0.2) is 24.3 Å². The van der Waals surface area contributed by atoms with E-state index in [2.05, 4.69) is 20.9 Å². The van der Waals surface area contributed by atoms with E-state index in [-0.39, 0.29) is 0 Å². The molecule has 0 aromatic heterocycles. The van der Waals surface area contributed by atoms with Crippen molar-refractivity contribution in [3.05, 3.63) is 35.4 Å². The number of nitrogens with one attached hydrogen (secondary N) is 3. The molecule has 0 amide bonds. The first-order chi connectivity index (χ1) is 10.8. The third kappa shape index (κ3) is 6.11. The smallest absolute Gasteiger partial charge is 0.335 e. The summed E-state index contributed by atoms with van der Waals surface area (Å²) in [6, 6.07) is 7.21. The predicted octanol–water partition coefficient (Wildman–Crippen LogP) is -0.0308. The highest BCUT2D eigenvalue weighted by molar-refractivity contribution is 5.87. The van der Waals surface area contributed by atoms with Gasteiger partial charge in [0.15, 0.2) is 0 Å². The van der Waals surface area contributed by atoms with Crippen LogP contribution >= 0.6 is 0 Å². The van der Waals surface area contributed by atoms with Crippen molar-refractivity contribution in [2.45, 2.75) is 6.54 Å². The van der Waals surface area contributed by atoms with Crippen molar-refractivity contribution in [1.29, 1.82) is 0 Å². The lowest BCUT2D eigenvalue weighted by Gasteiger charge is -2.24. The SMILES string of the molecule is O=C(O)c1cccc(CN2CCNCCNCCNCC2)c1. The Labute approximate surface area is 131 Å². The van der Waals surface area contributed by atoms with Gasteiger partial charge >= 0.3 is 5.97 Å². The van der Waals surface area contributed by atoms with E-state index in [1.807, 2.05) is 12.1 Å². The van der Waals surface area contributed by atoms with Crippen LogP contribution in [0.3, 0.4) is 0 Å². The Morgan fingerprint density at radius 2 is 1.59 bits per heavy atom. The Hall–Kier alpha value is -1.47. The zero-order chi connectivity index (χ0) is 15.6. The van der Waals surface area contributed by atoms with Crippen molar-refractivity contribution < 1.29 is 9.90 Å². The van der Waals surface area contributed by atoms with E-state index in [4.69, 9.17) is 5.11 Å². The molecule has 1 fully saturated rings. The molecular formula is C16H26N4O2. The number of hydrogen-bond donors (Lipinski definition) is 4. The Balaban J connectivity index is 1.91. The van der Waals surface area contributed by atoms with Crippen LogP contribution in [-0.2, 0) is 6.54 Å². The second kappa shape index (κ2) is 9.53. The lowest BCUT2D eigenvalue weighted by atomic mass is 10.1. The highest BCUT2D eigenvalue weighted by Crippen LogP contribution is 2.08. The fourth-order valence-corrected chi connectivity index (χ4v) is 2.53. The lowest BCUT2D eigenvalue weighted by Crippen LogP contribution is -2.41. The van der Waals surface area contributed by atoms with Gasteiger partial charge in [-0.05, 0) is 17.7 Å². The molecule has 22 heavy (non-hydrogen) atoms. The monoisotopic (exact) mass is 306 g/mol. The minimum absolute atomic E-state index is 0.356. The molecule has 1 aliphatic heterocycles. The fourth-order valence-electron chi connectivity index (χ4n) is 2.53. The van der Waals surface area contributed by atoms with Gasteiger partial charge in [-0.15, -0.1) is 0 Å². The summed E-state index contributed by atoms with van der Waals surface area (Å²) in [5, 5.41) is 19.3. The van der Waals surface area contributed by atoms with Crippen LogP contribution in [0, 0.1) is 0 Å². The van der Waals surface area contributed by atoms with Gasteiger partial charge in [-0.2, -0.15) is 0 Å². The molecule has 122 valence electrons. The van der Waals surface area contributed by atoms with Gasteiger partial charge in [0.25, 0.3) is 0 Å². The summed E-state index contributed by atoms with van der Waals surface area (Å²) in [6.45, 7) is 8.51. The van der Waals surface area contributed by atoms with Crippen molar-refractivity contribution in [1.82, 2.24) is 20.9 Å². The van der Waals surface area contributed by atoms with E-state index < -0.39 is 5.97 Å². The standard InChI is InChI=1S/C16H26N4O2/c21-16(22)15-3-1-2-14(12-15)13-20-10-8-18-6-4-17-5-7-19-9-11-20/h1-3,12,17-19H,4-11,13H2,(H,21,22). The second-order valence-electron chi connectivity index (χ2n) is 5.53. The molecule has 1 saturated heterocycles. The van der Waals surface area contributed by atoms with Gasteiger partial charge in [0.05, 0.1) is 5.56 Å². The van der Waals surface area contributed by atoms with Crippen LogP contribution in [-0.4, -0.2) is 68.3 Å². The Morgan fingerprint density at radius 1 is 1.00 bits per heavy atom.